The number of hydrogen-bond donors (Lipinski definition) is 0. The van der Waals surface area contributed by atoms with Crippen LogP contribution < -0.4 is 0 Å². The Hall–Kier alpha value is -2.18. The van der Waals surface area contributed by atoms with Crippen LogP contribution in [0.15, 0.2) is 18.5 Å². The van der Waals surface area contributed by atoms with Crippen LogP contribution in [-0.4, -0.2) is 37.1 Å². The number of rotatable bonds is 4. The summed E-state index contributed by atoms with van der Waals surface area (Å²) in [6.07, 6.45) is 3.53. The van der Waals surface area contributed by atoms with Crippen molar-refractivity contribution < 1.29 is 9.53 Å². The van der Waals surface area contributed by atoms with E-state index in [1.165, 1.54) is 0 Å². The number of nitrogens with zero attached hydrogens (tertiary/aromatic N) is 5. The lowest BCUT2D eigenvalue weighted by atomic mass is 10.3. The Labute approximate surface area is 104 Å². The largest absolute Gasteiger partial charge is 0.460 e. The van der Waals surface area contributed by atoms with Crippen molar-refractivity contribution in [1.82, 2.24) is 24.5 Å². The highest BCUT2D eigenvalue weighted by molar-refractivity contribution is 5.84. The van der Waals surface area contributed by atoms with Gasteiger partial charge in [0, 0.05) is 19.4 Å². The van der Waals surface area contributed by atoms with Gasteiger partial charge in [-0.05, 0) is 19.9 Å². The van der Waals surface area contributed by atoms with Crippen molar-refractivity contribution in [1.29, 1.82) is 0 Å². The number of aryl methyl sites for hydroxylation is 1. The zero-order valence-corrected chi connectivity index (χ0v) is 10.6. The van der Waals surface area contributed by atoms with Crippen LogP contribution >= 0.6 is 0 Å². The molecule has 0 radical (unpaired) electrons. The highest BCUT2D eigenvalue weighted by atomic mass is 16.5. The summed E-state index contributed by atoms with van der Waals surface area (Å²) in [6, 6.07) is 1.74. The van der Waals surface area contributed by atoms with Crippen LogP contribution in [0.2, 0.25) is 0 Å². The molecule has 2 rings (SSSR count). The second-order valence-electron chi connectivity index (χ2n) is 3.80. The molecular formula is C11H15N5O2. The molecule has 1 atom stereocenters. The van der Waals surface area contributed by atoms with E-state index in [4.69, 9.17) is 4.74 Å². The minimum Gasteiger partial charge on any atom is -0.460 e. The fourth-order valence-corrected chi connectivity index (χ4v) is 1.67. The molecule has 0 saturated carbocycles. The van der Waals surface area contributed by atoms with Crippen molar-refractivity contribution in [2.24, 2.45) is 7.05 Å². The topological polar surface area (TPSA) is 74.8 Å². The van der Waals surface area contributed by atoms with Gasteiger partial charge in [0.2, 0.25) is 0 Å². The zero-order valence-electron chi connectivity index (χ0n) is 10.6. The van der Waals surface area contributed by atoms with Crippen molar-refractivity contribution in [3.8, 4) is 0 Å². The van der Waals surface area contributed by atoms with E-state index in [9.17, 15) is 4.79 Å². The molecule has 2 aromatic heterocycles. The predicted octanol–water partition coefficient (Wildman–Crippen LogP) is 0.798. The monoisotopic (exact) mass is 249 g/mol. The van der Waals surface area contributed by atoms with Gasteiger partial charge in [-0.25, -0.2) is 9.78 Å². The van der Waals surface area contributed by atoms with E-state index in [1.54, 1.807) is 29.5 Å². The molecule has 96 valence electrons. The normalized spacial score (nSPS) is 12.4. The lowest BCUT2D eigenvalue weighted by Crippen LogP contribution is -2.12. The molecule has 18 heavy (non-hydrogen) atoms. The Bertz CT molecular complexity index is 532. The lowest BCUT2D eigenvalue weighted by molar-refractivity contribution is 0.0511. The number of ether oxygens (including phenoxy) is 1. The number of hydrogen-bond acceptors (Lipinski definition) is 5. The molecule has 0 aromatic carbocycles. The Kier molecular flexibility index (Phi) is 3.40. The number of carbonyl (C=O) groups is 1. The fourth-order valence-electron chi connectivity index (χ4n) is 1.67. The smallest absolute Gasteiger partial charge is 0.378 e. The van der Waals surface area contributed by atoms with Gasteiger partial charge in [0.05, 0.1) is 6.61 Å². The first-order chi connectivity index (χ1) is 8.63. The van der Waals surface area contributed by atoms with Crippen LogP contribution in [0.5, 0.6) is 0 Å². The molecule has 0 aliphatic heterocycles. The average Bonchev–Trinajstić information content (AvgIpc) is 2.97. The highest BCUT2D eigenvalue weighted by Gasteiger charge is 2.20. The molecule has 0 aliphatic carbocycles. The fraction of sp³-hybridized carbons (Fsp3) is 0.455. The molecule has 0 spiro atoms. The summed E-state index contributed by atoms with van der Waals surface area (Å²) in [5, 5.41) is 8.19. The van der Waals surface area contributed by atoms with Gasteiger partial charge in [0.1, 0.15) is 6.04 Å². The summed E-state index contributed by atoms with van der Waals surface area (Å²) in [4.78, 5) is 15.7. The molecule has 1 unspecified atom stereocenters. The Morgan fingerprint density at radius 2 is 2.33 bits per heavy atom. The molecule has 7 heteroatoms. The van der Waals surface area contributed by atoms with Gasteiger partial charge in [0.25, 0.3) is 5.82 Å². The summed E-state index contributed by atoms with van der Waals surface area (Å²) in [6.45, 7) is 3.99. The van der Waals surface area contributed by atoms with Crippen LogP contribution in [0.4, 0.5) is 0 Å². The maximum Gasteiger partial charge on any atom is 0.378 e. The molecular weight excluding hydrogens is 234 g/mol. The summed E-state index contributed by atoms with van der Waals surface area (Å²) >= 11 is 0. The highest BCUT2D eigenvalue weighted by Crippen LogP contribution is 2.14. The SMILES string of the molecule is CCOC(=O)c1nc(C(C)n2cccn2)n(C)n1. The van der Waals surface area contributed by atoms with Crippen molar-refractivity contribution in [2.75, 3.05) is 6.61 Å². The molecule has 7 nitrogen and oxygen atoms in total. The van der Waals surface area contributed by atoms with Crippen molar-refractivity contribution in [2.45, 2.75) is 19.9 Å². The predicted molar refractivity (Wildman–Crippen MR) is 63.0 cm³/mol. The Balaban J connectivity index is 2.27. The minimum absolute atomic E-state index is 0.0772. The van der Waals surface area contributed by atoms with E-state index in [0.717, 1.165) is 0 Å². The van der Waals surface area contributed by atoms with Gasteiger partial charge >= 0.3 is 5.97 Å². The Morgan fingerprint density at radius 1 is 1.56 bits per heavy atom. The third kappa shape index (κ3) is 2.24. The van der Waals surface area contributed by atoms with Gasteiger partial charge in [-0.1, -0.05) is 0 Å². The van der Waals surface area contributed by atoms with Gasteiger partial charge in [-0.15, -0.1) is 5.10 Å². The maximum absolute atomic E-state index is 11.5. The minimum atomic E-state index is -0.507. The van der Waals surface area contributed by atoms with E-state index >= 15 is 0 Å². The van der Waals surface area contributed by atoms with Gasteiger partial charge < -0.3 is 4.74 Å². The first kappa shape index (κ1) is 12.3. The second-order valence-corrected chi connectivity index (χ2v) is 3.80. The van der Waals surface area contributed by atoms with Crippen LogP contribution in [0.25, 0.3) is 0 Å². The van der Waals surface area contributed by atoms with Gasteiger partial charge in [0.15, 0.2) is 5.82 Å². The van der Waals surface area contributed by atoms with Crippen molar-refractivity contribution >= 4 is 5.97 Å². The lowest BCUT2D eigenvalue weighted by Gasteiger charge is -2.10. The molecule has 0 saturated heterocycles. The zero-order chi connectivity index (χ0) is 13.1. The van der Waals surface area contributed by atoms with Crippen molar-refractivity contribution in [3.05, 3.63) is 30.1 Å². The summed E-state index contributed by atoms with van der Waals surface area (Å²) in [7, 11) is 1.74. The van der Waals surface area contributed by atoms with Crippen LogP contribution in [0.3, 0.4) is 0 Å². The summed E-state index contributed by atoms with van der Waals surface area (Å²) in [5.41, 5.74) is 0. The van der Waals surface area contributed by atoms with Crippen molar-refractivity contribution in [3.63, 3.8) is 0 Å². The first-order valence-corrected chi connectivity index (χ1v) is 5.70. The van der Waals surface area contributed by atoms with Crippen LogP contribution in [-0.2, 0) is 11.8 Å². The standard InChI is InChI=1S/C11H15N5O2/c1-4-18-11(17)9-13-10(15(3)14-9)8(2)16-7-5-6-12-16/h5-8H,4H2,1-3H3. The maximum atomic E-state index is 11.5. The number of esters is 1. The molecule has 2 aromatic rings. The summed E-state index contributed by atoms with van der Waals surface area (Å²) < 4.78 is 8.18. The molecule has 2 heterocycles. The van der Waals surface area contributed by atoms with E-state index in [-0.39, 0.29) is 11.9 Å². The van der Waals surface area contributed by atoms with E-state index < -0.39 is 5.97 Å². The number of carbonyl (C=O) groups excluding carboxylic acids is 1. The van der Waals surface area contributed by atoms with Gasteiger partial charge in [-0.3, -0.25) is 9.36 Å². The van der Waals surface area contributed by atoms with E-state index in [2.05, 4.69) is 15.2 Å². The van der Waals surface area contributed by atoms with Gasteiger partial charge in [-0.2, -0.15) is 5.10 Å². The quantitative estimate of drug-likeness (QED) is 0.749. The Morgan fingerprint density at radius 3 is 2.94 bits per heavy atom. The number of aromatic nitrogens is 5. The van der Waals surface area contributed by atoms with E-state index in [0.29, 0.717) is 12.4 Å². The molecule has 0 amide bonds. The molecule has 0 bridgehead atoms. The van der Waals surface area contributed by atoms with E-state index in [1.807, 2.05) is 19.2 Å². The second kappa shape index (κ2) is 4.99. The molecule has 0 fully saturated rings. The molecule has 0 aliphatic rings. The van der Waals surface area contributed by atoms with Crippen LogP contribution in [0, 0.1) is 0 Å². The third-order valence-electron chi connectivity index (χ3n) is 2.55. The first-order valence-electron chi connectivity index (χ1n) is 5.70. The average molecular weight is 249 g/mol. The molecule has 0 N–H and O–H groups in total. The third-order valence-corrected chi connectivity index (χ3v) is 2.55. The van der Waals surface area contributed by atoms with Crippen LogP contribution in [0.1, 0.15) is 36.3 Å². The summed E-state index contributed by atoms with van der Waals surface area (Å²) in [5.74, 6) is 0.224.